The molecule has 4 nitrogen and oxygen atoms in total. The maximum atomic E-state index is 5.52. The van der Waals surface area contributed by atoms with E-state index < -0.39 is 0 Å². The molecule has 0 saturated carbocycles. The molecule has 70 valence electrons. The predicted octanol–water partition coefficient (Wildman–Crippen LogP) is 0.526. The topological polar surface area (TPSA) is 63.8 Å². The molecule has 0 aromatic carbocycles. The lowest BCUT2D eigenvalue weighted by atomic mass is 9.96. The molecule has 1 saturated heterocycles. The number of nitrogen functional groups attached to an aromatic ring is 1. The molecule has 0 unspecified atom stereocenters. The summed E-state index contributed by atoms with van der Waals surface area (Å²) in [5.74, 6) is 0.891. The van der Waals surface area contributed by atoms with E-state index in [1.165, 1.54) is 12.8 Å². The van der Waals surface area contributed by atoms with Crippen molar-refractivity contribution < 1.29 is 0 Å². The van der Waals surface area contributed by atoms with Crippen LogP contribution in [-0.4, -0.2) is 23.1 Å². The van der Waals surface area contributed by atoms with Gasteiger partial charge in [0.15, 0.2) is 0 Å². The molecule has 2 rings (SSSR count). The van der Waals surface area contributed by atoms with Gasteiger partial charge in [0, 0.05) is 18.7 Å². The molecule has 2 heterocycles. The Balaban J connectivity index is 2.14. The average Bonchev–Trinajstić information content (AvgIpc) is 2.19. The number of piperidine rings is 1. The first-order valence-corrected chi connectivity index (χ1v) is 4.65. The van der Waals surface area contributed by atoms with E-state index >= 15 is 0 Å². The molecule has 3 N–H and O–H groups in total. The van der Waals surface area contributed by atoms with Gasteiger partial charge in [-0.1, -0.05) is 0 Å². The van der Waals surface area contributed by atoms with Gasteiger partial charge >= 0.3 is 0 Å². The van der Waals surface area contributed by atoms with Crippen molar-refractivity contribution >= 4 is 5.95 Å². The zero-order valence-corrected chi connectivity index (χ0v) is 7.53. The normalized spacial score (nSPS) is 22.9. The fraction of sp³-hybridized carbons (Fsp3) is 0.556. The van der Waals surface area contributed by atoms with Crippen molar-refractivity contribution in [1.29, 1.82) is 0 Å². The Kier molecular flexibility index (Phi) is 2.40. The Bertz CT molecular complexity index is 281. The molecular weight excluding hydrogens is 164 g/mol. The van der Waals surface area contributed by atoms with Crippen molar-refractivity contribution in [3.63, 3.8) is 0 Å². The van der Waals surface area contributed by atoms with Crippen LogP contribution in [-0.2, 0) is 0 Å². The van der Waals surface area contributed by atoms with E-state index in [0.717, 1.165) is 18.8 Å². The van der Waals surface area contributed by atoms with Crippen molar-refractivity contribution in [3.8, 4) is 0 Å². The van der Waals surface area contributed by atoms with Crippen LogP contribution >= 0.6 is 0 Å². The summed E-state index contributed by atoms with van der Waals surface area (Å²) >= 11 is 0. The van der Waals surface area contributed by atoms with Crippen molar-refractivity contribution in [3.05, 3.63) is 18.0 Å². The zero-order valence-electron chi connectivity index (χ0n) is 7.53. The number of nitrogens with two attached hydrogens (primary N) is 1. The van der Waals surface area contributed by atoms with Gasteiger partial charge in [0.1, 0.15) is 0 Å². The monoisotopic (exact) mass is 178 g/mol. The molecule has 0 amide bonds. The summed E-state index contributed by atoms with van der Waals surface area (Å²) < 4.78 is 0. The quantitative estimate of drug-likeness (QED) is 0.658. The highest BCUT2D eigenvalue weighted by atomic mass is 15.0. The molecular formula is C9H14N4. The Morgan fingerprint density at radius 3 is 3.15 bits per heavy atom. The summed E-state index contributed by atoms with van der Waals surface area (Å²) in [6, 6.07) is 1.95. The number of nitrogens with zero attached hydrogens (tertiary/aromatic N) is 2. The fourth-order valence-electron chi connectivity index (χ4n) is 1.72. The lowest BCUT2D eigenvalue weighted by Gasteiger charge is -2.21. The van der Waals surface area contributed by atoms with E-state index in [4.69, 9.17) is 5.73 Å². The zero-order chi connectivity index (χ0) is 9.10. The van der Waals surface area contributed by atoms with Crippen LogP contribution in [0.2, 0.25) is 0 Å². The smallest absolute Gasteiger partial charge is 0.220 e. The SMILES string of the molecule is Nc1nccc([C@H]2CCCNC2)n1. The van der Waals surface area contributed by atoms with Gasteiger partial charge in [0.2, 0.25) is 5.95 Å². The standard InChI is InChI=1S/C9H14N4/c10-9-12-5-3-8(13-9)7-2-1-4-11-6-7/h3,5,7,11H,1-2,4,6H2,(H2,10,12,13)/t7-/m0/s1. The summed E-state index contributed by atoms with van der Waals surface area (Å²) in [6.45, 7) is 2.13. The minimum absolute atomic E-state index is 0.378. The van der Waals surface area contributed by atoms with Crippen molar-refractivity contribution in [2.45, 2.75) is 18.8 Å². The van der Waals surface area contributed by atoms with Gasteiger partial charge in [-0.25, -0.2) is 9.97 Å². The molecule has 1 aromatic rings. The van der Waals surface area contributed by atoms with Crippen LogP contribution in [0.25, 0.3) is 0 Å². The predicted molar refractivity (Wildman–Crippen MR) is 51.3 cm³/mol. The molecule has 1 aliphatic rings. The highest BCUT2D eigenvalue weighted by Crippen LogP contribution is 2.20. The van der Waals surface area contributed by atoms with Gasteiger partial charge in [0.25, 0.3) is 0 Å². The number of nitrogens with one attached hydrogen (secondary N) is 1. The number of hydrogen-bond acceptors (Lipinski definition) is 4. The van der Waals surface area contributed by atoms with Crippen LogP contribution in [0.1, 0.15) is 24.5 Å². The van der Waals surface area contributed by atoms with E-state index in [1.54, 1.807) is 6.20 Å². The highest BCUT2D eigenvalue weighted by molar-refractivity contribution is 5.20. The second-order valence-corrected chi connectivity index (χ2v) is 3.38. The lowest BCUT2D eigenvalue weighted by molar-refractivity contribution is 0.454. The Labute approximate surface area is 77.6 Å². The van der Waals surface area contributed by atoms with Crippen LogP contribution < -0.4 is 11.1 Å². The number of rotatable bonds is 1. The van der Waals surface area contributed by atoms with Crippen LogP contribution in [0, 0.1) is 0 Å². The molecule has 1 aliphatic heterocycles. The minimum atomic E-state index is 0.378. The molecule has 1 aromatic heterocycles. The van der Waals surface area contributed by atoms with Gasteiger partial charge < -0.3 is 11.1 Å². The molecule has 0 spiro atoms. The van der Waals surface area contributed by atoms with Crippen LogP contribution in [0.4, 0.5) is 5.95 Å². The third-order valence-electron chi connectivity index (χ3n) is 2.41. The Morgan fingerprint density at radius 1 is 1.54 bits per heavy atom. The summed E-state index contributed by atoms with van der Waals surface area (Å²) in [5.41, 5.74) is 6.59. The molecule has 0 radical (unpaired) electrons. The number of aromatic nitrogens is 2. The molecule has 4 heteroatoms. The second-order valence-electron chi connectivity index (χ2n) is 3.38. The average molecular weight is 178 g/mol. The minimum Gasteiger partial charge on any atom is -0.368 e. The molecule has 0 aliphatic carbocycles. The Hall–Kier alpha value is -1.16. The summed E-state index contributed by atoms with van der Waals surface area (Å²) in [6.07, 6.45) is 4.14. The molecule has 13 heavy (non-hydrogen) atoms. The molecule has 0 bridgehead atoms. The van der Waals surface area contributed by atoms with Crippen molar-refractivity contribution in [2.75, 3.05) is 18.8 Å². The summed E-state index contributed by atoms with van der Waals surface area (Å²) in [7, 11) is 0. The van der Waals surface area contributed by atoms with Crippen molar-refractivity contribution in [1.82, 2.24) is 15.3 Å². The molecule has 1 fully saturated rings. The van der Waals surface area contributed by atoms with Crippen LogP contribution in [0.15, 0.2) is 12.3 Å². The maximum absolute atomic E-state index is 5.52. The second kappa shape index (κ2) is 3.70. The first-order valence-electron chi connectivity index (χ1n) is 4.65. The first kappa shape index (κ1) is 8.44. The maximum Gasteiger partial charge on any atom is 0.220 e. The van der Waals surface area contributed by atoms with E-state index in [0.29, 0.717) is 11.9 Å². The largest absolute Gasteiger partial charge is 0.368 e. The highest BCUT2D eigenvalue weighted by Gasteiger charge is 2.16. The first-order chi connectivity index (χ1) is 6.36. The van der Waals surface area contributed by atoms with Crippen LogP contribution in [0.3, 0.4) is 0 Å². The summed E-state index contributed by atoms with van der Waals surface area (Å²) in [4.78, 5) is 8.10. The fourth-order valence-corrected chi connectivity index (χ4v) is 1.72. The van der Waals surface area contributed by atoms with E-state index in [-0.39, 0.29) is 0 Å². The van der Waals surface area contributed by atoms with Gasteiger partial charge in [-0.3, -0.25) is 0 Å². The number of anilines is 1. The van der Waals surface area contributed by atoms with Crippen molar-refractivity contribution in [2.24, 2.45) is 0 Å². The van der Waals surface area contributed by atoms with Gasteiger partial charge in [-0.2, -0.15) is 0 Å². The summed E-state index contributed by atoms with van der Waals surface area (Å²) in [5, 5.41) is 3.35. The third-order valence-corrected chi connectivity index (χ3v) is 2.41. The molecule has 1 atom stereocenters. The van der Waals surface area contributed by atoms with Gasteiger partial charge in [-0.05, 0) is 25.5 Å². The Morgan fingerprint density at radius 2 is 2.46 bits per heavy atom. The number of hydrogen-bond donors (Lipinski definition) is 2. The lowest BCUT2D eigenvalue weighted by Crippen LogP contribution is -2.28. The van der Waals surface area contributed by atoms with E-state index in [2.05, 4.69) is 15.3 Å². The van der Waals surface area contributed by atoms with Crippen LogP contribution in [0.5, 0.6) is 0 Å². The van der Waals surface area contributed by atoms with E-state index in [9.17, 15) is 0 Å². The third kappa shape index (κ3) is 1.95. The van der Waals surface area contributed by atoms with E-state index in [1.807, 2.05) is 6.07 Å². The van der Waals surface area contributed by atoms with Gasteiger partial charge in [0.05, 0.1) is 5.69 Å². The van der Waals surface area contributed by atoms with Gasteiger partial charge in [-0.15, -0.1) is 0 Å².